The van der Waals surface area contributed by atoms with Crippen LogP contribution in [0.25, 0.3) is 5.69 Å². The molecule has 2 heterocycles. The minimum absolute atomic E-state index is 0.0561. The van der Waals surface area contributed by atoms with E-state index in [4.69, 9.17) is 5.11 Å². The van der Waals surface area contributed by atoms with Crippen molar-refractivity contribution in [3.63, 3.8) is 0 Å². The van der Waals surface area contributed by atoms with Crippen molar-refractivity contribution in [1.29, 1.82) is 0 Å². The molecule has 0 spiro atoms. The topological polar surface area (TPSA) is 105 Å². The fraction of sp³-hybridized carbons (Fsp3) is 0.294. The van der Waals surface area contributed by atoms with E-state index in [2.05, 4.69) is 15.3 Å². The van der Waals surface area contributed by atoms with Crippen LogP contribution in [0, 0.1) is 0 Å². The number of alkyl halides is 3. The minimum Gasteiger partial charge on any atom is -0.481 e. The third-order valence-electron chi connectivity index (χ3n) is 7.62. The third-order valence-corrected chi connectivity index (χ3v) is 8.65. The van der Waals surface area contributed by atoms with E-state index in [0.29, 0.717) is 34.0 Å². The largest absolute Gasteiger partial charge is 0.481 e. The van der Waals surface area contributed by atoms with Gasteiger partial charge in [-0.05, 0) is 79.4 Å². The minimum atomic E-state index is -4.50. The Kier molecular flexibility index (Phi) is 10.5. The first-order valence-corrected chi connectivity index (χ1v) is 16.1. The summed E-state index contributed by atoms with van der Waals surface area (Å²) in [5, 5.41) is 16.1. The molecule has 240 valence electrons. The zero-order valence-corrected chi connectivity index (χ0v) is 25.7. The zero-order valence-electron chi connectivity index (χ0n) is 24.9. The number of Topliss-reactive ketones (excluding diaryl/α,β-unsaturated/α-hetero) is 1. The average molecular weight is 651 g/mol. The number of carboxylic acids is 1. The van der Waals surface area contributed by atoms with Gasteiger partial charge in [-0.15, -0.1) is 0 Å². The van der Waals surface area contributed by atoms with Gasteiger partial charge in [0.25, 0.3) is 5.91 Å². The Bertz CT molecular complexity index is 1720. The van der Waals surface area contributed by atoms with Crippen LogP contribution in [0.15, 0.2) is 79.0 Å². The van der Waals surface area contributed by atoms with Gasteiger partial charge in [-0.2, -0.15) is 30.0 Å². The van der Waals surface area contributed by atoms with Crippen molar-refractivity contribution in [2.24, 2.45) is 0 Å². The van der Waals surface area contributed by atoms with E-state index in [1.54, 1.807) is 36.4 Å². The molecular formula is C34H33F3N4O4S. The Hall–Kier alpha value is -4.58. The second-order valence-corrected chi connectivity index (χ2v) is 12.1. The van der Waals surface area contributed by atoms with Crippen LogP contribution in [-0.4, -0.2) is 51.4 Å². The van der Waals surface area contributed by atoms with Crippen molar-refractivity contribution in [2.75, 3.05) is 29.1 Å². The molecule has 1 aliphatic rings. The molecule has 1 aliphatic heterocycles. The number of halogens is 3. The molecule has 0 unspecified atom stereocenters. The second kappa shape index (κ2) is 14.7. The Morgan fingerprint density at radius 2 is 1.70 bits per heavy atom. The molecule has 0 aliphatic carbocycles. The number of thioether (sulfide) groups is 1. The molecule has 0 saturated carbocycles. The number of ketones is 1. The number of piperidine rings is 1. The van der Waals surface area contributed by atoms with Gasteiger partial charge in [-0.25, -0.2) is 4.68 Å². The SMILES string of the molecule is O=C(O)CCSCc1cccc(C(=O)Nc2ccc(N3CCCCC3)cc2C(=O)Cc2ccn(-c3cccc(C(F)(F)F)c3)n2)c1. The highest BCUT2D eigenvalue weighted by Gasteiger charge is 2.30. The molecule has 5 rings (SSSR count). The van der Waals surface area contributed by atoms with Gasteiger partial charge >= 0.3 is 12.1 Å². The average Bonchev–Trinajstić information content (AvgIpc) is 3.52. The van der Waals surface area contributed by atoms with Gasteiger partial charge in [-0.1, -0.05) is 18.2 Å². The van der Waals surface area contributed by atoms with Crippen LogP contribution in [0.2, 0.25) is 0 Å². The first-order valence-electron chi connectivity index (χ1n) is 14.9. The molecule has 4 aromatic rings. The molecule has 8 nitrogen and oxygen atoms in total. The highest BCUT2D eigenvalue weighted by atomic mass is 32.2. The Morgan fingerprint density at radius 3 is 2.46 bits per heavy atom. The smallest absolute Gasteiger partial charge is 0.416 e. The summed E-state index contributed by atoms with van der Waals surface area (Å²) in [6.07, 6.45) is 0.172. The maximum atomic E-state index is 13.8. The Morgan fingerprint density at radius 1 is 0.913 bits per heavy atom. The lowest BCUT2D eigenvalue weighted by Gasteiger charge is -2.29. The third kappa shape index (κ3) is 8.57. The number of aromatic nitrogens is 2. The lowest BCUT2D eigenvalue weighted by atomic mass is 10.0. The number of aliphatic carboxylic acids is 1. The van der Waals surface area contributed by atoms with Gasteiger partial charge in [0.05, 0.1) is 35.5 Å². The molecule has 1 fully saturated rings. The van der Waals surface area contributed by atoms with E-state index in [9.17, 15) is 27.6 Å². The number of carbonyl (C=O) groups excluding carboxylic acids is 2. The van der Waals surface area contributed by atoms with Crippen molar-refractivity contribution < 1.29 is 32.7 Å². The molecule has 12 heteroatoms. The molecule has 0 radical (unpaired) electrons. The molecule has 1 saturated heterocycles. The number of amides is 1. The Balaban J connectivity index is 1.36. The van der Waals surface area contributed by atoms with E-state index in [1.807, 2.05) is 12.1 Å². The summed E-state index contributed by atoms with van der Waals surface area (Å²) in [6, 6.07) is 18.8. The molecule has 2 N–H and O–H groups in total. The molecule has 0 atom stereocenters. The number of nitrogens with one attached hydrogen (secondary N) is 1. The van der Waals surface area contributed by atoms with Gasteiger partial charge in [-0.3, -0.25) is 14.4 Å². The predicted octanol–water partition coefficient (Wildman–Crippen LogP) is 7.27. The summed E-state index contributed by atoms with van der Waals surface area (Å²) in [6.45, 7) is 1.72. The summed E-state index contributed by atoms with van der Waals surface area (Å²) in [7, 11) is 0. The number of hydrogen-bond donors (Lipinski definition) is 2. The quantitative estimate of drug-likeness (QED) is 0.123. The van der Waals surface area contributed by atoms with Gasteiger partial charge in [0, 0.05) is 47.6 Å². The number of hydrogen-bond acceptors (Lipinski definition) is 6. The van der Waals surface area contributed by atoms with E-state index in [-0.39, 0.29) is 24.3 Å². The molecule has 3 aromatic carbocycles. The van der Waals surface area contributed by atoms with Crippen molar-refractivity contribution in [3.05, 3.63) is 107 Å². The highest BCUT2D eigenvalue weighted by molar-refractivity contribution is 7.98. The molecule has 46 heavy (non-hydrogen) atoms. The fourth-order valence-electron chi connectivity index (χ4n) is 5.25. The fourth-order valence-corrected chi connectivity index (χ4v) is 6.13. The number of rotatable bonds is 12. The lowest BCUT2D eigenvalue weighted by Crippen LogP contribution is -2.29. The van der Waals surface area contributed by atoms with Crippen molar-refractivity contribution >= 4 is 40.8 Å². The summed E-state index contributed by atoms with van der Waals surface area (Å²) in [5.74, 6) is -0.548. The summed E-state index contributed by atoms with van der Waals surface area (Å²) < 4.78 is 41.0. The second-order valence-electron chi connectivity index (χ2n) is 11.0. The van der Waals surface area contributed by atoms with Crippen LogP contribution in [-0.2, 0) is 23.1 Å². The van der Waals surface area contributed by atoms with Gasteiger partial charge < -0.3 is 15.3 Å². The molecule has 1 aromatic heterocycles. The van der Waals surface area contributed by atoms with E-state index >= 15 is 0 Å². The lowest BCUT2D eigenvalue weighted by molar-refractivity contribution is -0.138. The van der Waals surface area contributed by atoms with E-state index in [1.165, 1.54) is 34.8 Å². The number of carboxylic acid groups (broad SMARTS) is 1. The van der Waals surface area contributed by atoms with Crippen LogP contribution in [0.5, 0.6) is 0 Å². The van der Waals surface area contributed by atoms with Crippen molar-refractivity contribution in [2.45, 2.75) is 44.0 Å². The van der Waals surface area contributed by atoms with Crippen molar-refractivity contribution in [3.8, 4) is 5.69 Å². The highest BCUT2D eigenvalue weighted by Crippen LogP contribution is 2.31. The summed E-state index contributed by atoms with van der Waals surface area (Å²) >= 11 is 1.46. The van der Waals surface area contributed by atoms with Gasteiger partial charge in [0.15, 0.2) is 5.78 Å². The molecule has 0 bridgehead atoms. The molecular weight excluding hydrogens is 617 g/mol. The predicted molar refractivity (Wildman–Crippen MR) is 172 cm³/mol. The van der Waals surface area contributed by atoms with E-state index < -0.39 is 23.6 Å². The summed E-state index contributed by atoms with van der Waals surface area (Å²) in [4.78, 5) is 40.1. The zero-order chi connectivity index (χ0) is 32.7. The van der Waals surface area contributed by atoms with Crippen LogP contribution in [0.4, 0.5) is 24.5 Å². The van der Waals surface area contributed by atoms with Gasteiger partial charge in [0.2, 0.25) is 0 Å². The van der Waals surface area contributed by atoms with Gasteiger partial charge in [0.1, 0.15) is 0 Å². The number of carbonyl (C=O) groups is 3. The van der Waals surface area contributed by atoms with E-state index in [0.717, 1.165) is 55.7 Å². The number of benzene rings is 3. The summed E-state index contributed by atoms with van der Waals surface area (Å²) in [5.41, 5.74) is 2.59. The maximum Gasteiger partial charge on any atom is 0.416 e. The Labute approximate surface area is 268 Å². The monoisotopic (exact) mass is 650 g/mol. The first kappa shape index (κ1) is 32.8. The molecule has 1 amide bonds. The standard InChI is InChI=1S/C34H33F3N4O4S/c35-34(36,37)25-8-5-9-28(19-25)41-16-12-26(39-41)20-31(42)29-21-27(40-14-2-1-3-15-40)10-11-30(29)38-33(45)24-7-4-6-23(18-24)22-46-17-13-32(43)44/h4-12,16,18-19,21H,1-3,13-15,17,20,22H2,(H,38,45)(H,43,44). The van der Waals surface area contributed by atoms with Crippen LogP contribution < -0.4 is 10.2 Å². The maximum absolute atomic E-state index is 13.8. The number of nitrogens with zero attached hydrogens (tertiary/aromatic N) is 3. The van der Waals surface area contributed by atoms with Crippen LogP contribution >= 0.6 is 11.8 Å². The first-order chi connectivity index (χ1) is 22.1. The normalized spacial score (nSPS) is 13.4. The number of anilines is 2. The van der Waals surface area contributed by atoms with Crippen LogP contribution in [0.3, 0.4) is 0 Å². The van der Waals surface area contributed by atoms with Crippen molar-refractivity contribution in [1.82, 2.24) is 9.78 Å². The van der Waals surface area contributed by atoms with Crippen LogP contribution in [0.1, 0.15) is 63.2 Å².